The number of benzene rings is 1. The standard InChI is InChI=1S/C19H26N4O/c24-10-7-18-14-23(21-20-18)13-15-5-8-22(9-6-15)19-11-16-3-1-2-4-17(16)12-19/h1-4,14-15,19,24H,5-13H2. The molecule has 0 unspecified atom stereocenters. The Morgan fingerprint density at radius 2 is 1.79 bits per heavy atom. The van der Waals surface area contributed by atoms with E-state index in [1.165, 1.54) is 38.8 Å². The zero-order chi connectivity index (χ0) is 16.4. The SMILES string of the molecule is OCCc1cn(CC2CCN(C3Cc4ccccc4C3)CC2)nn1. The van der Waals surface area contributed by atoms with Gasteiger partial charge < -0.3 is 5.11 Å². The van der Waals surface area contributed by atoms with Gasteiger partial charge in [-0.1, -0.05) is 29.5 Å². The molecule has 1 fully saturated rings. The van der Waals surface area contributed by atoms with Gasteiger partial charge in [-0.05, 0) is 55.8 Å². The molecule has 24 heavy (non-hydrogen) atoms. The molecule has 1 aromatic heterocycles. The summed E-state index contributed by atoms with van der Waals surface area (Å²) in [6, 6.07) is 9.60. The minimum atomic E-state index is 0.140. The first-order valence-corrected chi connectivity index (χ1v) is 9.12. The topological polar surface area (TPSA) is 54.2 Å². The van der Waals surface area contributed by atoms with Crippen LogP contribution in [0.15, 0.2) is 30.5 Å². The Morgan fingerprint density at radius 3 is 2.46 bits per heavy atom. The molecule has 2 aliphatic rings. The van der Waals surface area contributed by atoms with Crippen molar-refractivity contribution in [1.82, 2.24) is 19.9 Å². The summed E-state index contributed by atoms with van der Waals surface area (Å²) in [4.78, 5) is 2.69. The Hall–Kier alpha value is -1.72. The monoisotopic (exact) mass is 326 g/mol. The van der Waals surface area contributed by atoms with Crippen molar-refractivity contribution in [1.29, 1.82) is 0 Å². The third-order valence-corrected chi connectivity index (χ3v) is 5.59. The van der Waals surface area contributed by atoms with Gasteiger partial charge in [0.15, 0.2) is 0 Å². The first-order valence-electron chi connectivity index (χ1n) is 9.12. The molecule has 5 nitrogen and oxygen atoms in total. The number of hydrogen-bond donors (Lipinski definition) is 1. The number of aromatic nitrogens is 3. The highest BCUT2D eigenvalue weighted by atomic mass is 16.3. The molecule has 0 bridgehead atoms. The van der Waals surface area contributed by atoms with Gasteiger partial charge in [0.25, 0.3) is 0 Å². The summed E-state index contributed by atoms with van der Waals surface area (Å²) in [7, 11) is 0. The van der Waals surface area contributed by atoms with Gasteiger partial charge in [-0.25, -0.2) is 0 Å². The van der Waals surface area contributed by atoms with Crippen LogP contribution in [0.2, 0.25) is 0 Å². The molecule has 128 valence electrons. The second kappa shape index (κ2) is 7.03. The lowest BCUT2D eigenvalue weighted by molar-refractivity contribution is 0.127. The van der Waals surface area contributed by atoms with E-state index in [-0.39, 0.29) is 6.61 Å². The van der Waals surface area contributed by atoms with E-state index in [0.29, 0.717) is 18.4 Å². The number of piperidine rings is 1. The predicted molar refractivity (Wildman–Crippen MR) is 92.7 cm³/mol. The van der Waals surface area contributed by atoms with Gasteiger partial charge in [0.2, 0.25) is 0 Å². The number of hydrogen-bond acceptors (Lipinski definition) is 4. The summed E-state index contributed by atoms with van der Waals surface area (Å²) in [5.41, 5.74) is 3.98. The minimum Gasteiger partial charge on any atom is -0.396 e. The molecule has 1 aromatic carbocycles. The Balaban J connectivity index is 1.28. The lowest BCUT2D eigenvalue weighted by atomic mass is 9.95. The fourth-order valence-corrected chi connectivity index (χ4v) is 4.22. The molecule has 1 aliphatic heterocycles. The fourth-order valence-electron chi connectivity index (χ4n) is 4.22. The lowest BCUT2D eigenvalue weighted by Gasteiger charge is -2.35. The normalized spacial score (nSPS) is 19.7. The molecular weight excluding hydrogens is 300 g/mol. The summed E-state index contributed by atoms with van der Waals surface area (Å²) < 4.78 is 1.96. The Bertz CT molecular complexity index is 651. The summed E-state index contributed by atoms with van der Waals surface area (Å²) in [5.74, 6) is 0.689. The molecule has 0 spiro atoms. The molecule has 5 heteroatoms. The van der Waals surface area contributed by atoms with Crippen molar-refractivity contribution in [3.8, 4) is 0 Å². The maximum absolute atomic E-state index is 8.97. The van der Waals surface area contributed by atoms with E-state index in [0.717, 1.165) is 12.2 Å². The van der Waals surface area contributed by atoms with Crippen molar-refractivity contribution < 1.29 is 5.11 Å². The molecule has 0 amide bonds. The van der Waals surface area contributed by atoms with E-state index in [2.05, 4.69) is 39.5 Å². The Kier molecular flexibility index (Phi) is 4.63. The van der Waals surface area contributed by atoms with Crippen LogP contribution in [0, 0.1) is 5.92 Å². The van der Waals surface area contributed by atoms with Gasteiger partial charge in [0.1, 0.15) is 0 Å². The molecule has 1 N–H and O–H groups in total. The molecule has 2 aromatic rings. The highest BCUT2D eigenvalue weighted by Crippen LogP contribution is 2.29. The smallest absolute Gasteiger partial charge is 0.0849 e. The molecular formula is C19H26N4O. The average Bonchev–Trinajstić information content (AvgIpc) is 3.22. The first-order chi connectivity index (χ1) is 11.8. The molecule has 0 atom stereocenters. The maximum Gasteiger partial charge on any atom is 0.0849 e. The van der Waals surface area contributed by atoms with E-state index in [9.17, 15) is 0 Å². The third-order valence-electron chi connectivity index (χ3n) is 5.59. The van der Waals surface area contributed by atoms with Crippen molar-refractivity contribution in [2.75, 3.05) is 19.7 Å². The van der Waals surface area contributed by atoms with Crippen molar-refractivity contribution in [3.63, 3.8) is 0 Å². The Morgan fingerprint density at radius 1 is 1.08 bits per heavy atom. The van der Waals surface area contributed by atoms with Crippen LogP contribution in [-0.2, 0) is 25.8 Å². The summed E-state index contributed by atoms with van der Waals surface area (Å²) >= 11 is 0. The highest BCUT2D eigenvalue weighted by molar-refractivity contribution is 5.33. The molecule has 0 radical (unpaired) electrons. The van der Waals surface area contributed by atoms with Crippen LogP contribution in [0.4, 0.5) is 0 Å². The number of aliphatic hydroxyl groups excluding tert-OH is 1. The quantitative estimate of drug-likeness (QED) is 0.908. The number of likely N-dealkylation sites (tertiary alicyclic amines) is 1. The van der Waals surface area contributed by atoms with Gasteiger partial charge in [-0.2, -0.15) is 0 Å². The number of nitrogens with zero attached hydrogens (tertiary/aromatic N) is 4. The number of fused-ring (bicyclic) bond motifs is 1. The van der Waals surface area contributed by atoms with Crippen LogP contribution >= 0.6 is 0 Å². The van der Waals surface area contributed by atoms with E-state index in [1.807, 2.05) is 10.9 Å². The maximum atomic E-state index is 8.97. The molecule has 4 rings (SSSR count). The van der Waals surface area contributed by atoms with E-state index in [1.54, 1.807) is 11.1 Å². The average molecular weight is 326 g/mol. The second-order valence-corrected chi connectivity index (χ2v) is 7.22. The third kappa shape index (κ3) is 3.37. The zero-order valence-corrected chi connectivity index (χ0v) is 14.1. The van der Waals surface area contributed by atoms with Crippen LogP contribution in [0.25, 0.3) is 0 Å². The van der Waals surface area contributed by atoms with Crippen molar-refractivity contribution in [3.05, 3.63) is 47.3 Å². The van der Waals surface area contributed by atoms with E-state index in [4.69, 9.17) is 5.11 Å². The van der Waals surface area contributed by atoms with Crippen LogP contribution in [-0.4, -0.2) is 50.7 Å². The fraction of sp³-hybridized carbons (Fsp3) is 0.579. The summed E-state index contributed by atoms with van der Waals surface area (Å²) in [5, 5.41) is 17.3. The van der Waals surface area contributed by atoms with Crippen molar-refractivity contribution in [2.45, 2.75) is 44.7 Å². The largest absolute Gasteiger partial charge is 0.396 e. The first kappa shape index (κ1) is 15.8. The van der Waals surface area contributed by atoms with Crippen molar-refractivity contribution in [2.24, 2.45) is 5.92 Å². The van der Waals surface area contributed by atoms with Gasteiger partial charge in [0.05, 0.1) is 5.69 Å². The van der Waals surface area contributed by atoms with Crippen LogP contribution in [0.5, 0.6) is 0 Å². The Labute approximate surface area is 143 Å². The second-order valence-electron chi connectivity index (χ2n) is 7.22. The molecule has 1 saturated heterocycles. The number of aliphatic hydroxyl groups is 1. The van der Waals surface area contributed by atoms with Gasteiger partial charge in [-0.3, -0.25) is 9.58 Å². The van der Waals surface area contributed by atoms with Crippen LogP contribution in [0.3, 0.4) is 0 Å². The van der Waals surface area contributed by atoms with Gasteiger partial charge in [0, 0.05) is 31.8 Å². The zero-order valence-electron chi connectivity index (χ0n) is 14.1. The summed E-state index contributed by atoms with van der Waals surface area (Å²) in [6.45, 7) is 3.49. The molecule has 0 saturated carbocycles. The predicted octanol–water partition coefficient (Wildman–Crippen LogP) is 1.69. The molecule has 1 aliphatic carbocycles. The highest BCUT2D eigenvalue weighted by Gasteiger charge is 2.29. The van der Waals surface area contributed by atoms with Crippen LogP contribution in [0.1, 0.15) is 29.7 Å². The van der Waals surface area contributed by atoms with E-state index >= 15 is 0 Å². The minimum absolute atomic E-state index is 0.140. The number of rotatable bonds is 5. The van der Waals surface area contributed by atoms with Crippen LogP contribution < -0.4 is 0 Å². The van der Waals surface area contributed by atoms with Gasteiger partial charge >= 0.3 is 0 Å². The lowest BCUT2D eigenvalue weighted by Crippen LogP contribution is -2.42. The van der Waals surface area contributed by atoms with E-state index < -0.39 is 0 Å². The van der Waals surface area contributed by atoms with Gasteiger partial charge in [-0.15, -0.1) is 5.10 Å². The van der Waals surface area contributed by atoms with Crippen molar-refractivity contribution >= 4 is 0 Å². The summed E-state index contributed by atoms with van der Waals surface area (Å²) in [6.07, 6.45) is 7.49. The molecule has 2 heterocycles.